The van der Waals surface area contributed by atoms with Crippen LogP contribution in [-0.4, -0.2) is 18.6 Å². The molecule has 0 saturated heterocycles. The molecule has 1 heterocycles. The third-order valence-electron chi connectivity index (χ3n) is 3.50. The zero-order chi connectivity index (χ0) is 16.9. The van der Waals surface area contributed by atoms with Gasteiger partial charge in [0.05, 0.1) is 0 Å². The number of rotatable bonds is 4. The third-order valence-corrected chi connectivity index (χ3v) is 3.50. The number of nitrogens with one attached hydrogen (secondary N) is 2. The number of ether oxygens (including phenoxy) is 2. The van der Waals surface area contributed by atoms with Crippen LogP contribution in [0.5, 0.6) is 11.5 Å². The van der Waals surface area contributed by atoms with Crippen LogP contribution in [0, 0.1) is 5.82 Å². The maximum Gasteiger partial charge on any atom is 0.269 e. The summed E-state index contributed by atoms with van der Waals surface area (Å²) in [7, 11) is 0. The quantitative estimate of drug-likeness (QED) is 0.840. The number of amides is 2. The van der Waals surface area contributed by atoms with Crippen molar-refractivity contribution in [2.24, 2.45) is 0 Å². The molecule has 0 unspecified atom stereocenters. The molecule has 124 valence electrons. The Balaban J connectivity index is 1.47. The van der Waals surface area contributed by atoms with Gasteiger partial charge in [0.25, 0.3) is 5.91 Å². The first-order valence-corrected chi connectivity index (χ1v) is 7.35. The Morgan fingerprint density at radius 1 is 1.00 bits per heavy atom. The minimum absolute atomic E-state index is 0.126. The van der Waals surface area contributed by atoms with Crippen molar-refractivity contribution in [1.82, 2.24) is 10.9 Å². The minimum Gasteiger partial charge on any atom is -0.454 e. The molecule has 1 aliphatic rings. The van der Waals surface area contributed by atoms with Crippen molar-refractivity contribution in [1.29, 1.82) is 0 Å². The van der Waals surface area contributed by atoms with E-state index in [1.54, 1.807) is 30.3 Å². The van der Waals surface area contributed by atoms with Crippen LogP contribution >= 0.6 is 0 Å². The van der Waals surface area contributed by atoms with E-state index < -0.39 is 5.91 Å². The van der Waals surface area contributed by atoms with Gasteiger partial charge in [-0.1, -0.05) is 12.1 Å². The van der Waals surface area contributed by atoms with Gasteiger partial charge in [-0.3, -0.25) is 20.4 Å². The molecule has 24 heavy (non-hydrogen) atoms. The number of carbonyl (C=O) groups is 2. The van der Waals surface area contributed by atoms with E-state index >= 15 is 0 Å². The number of aryl methyl sites for hydroxylation is 1. The van der Waals surface area contributed by atoms with Crippen molar-refractivity contribution in [2.75, 3.05) is 6.79 Å². The molecule has 0 aromatic heterocycles. The first-order chi connectivity index (χ1) is 11.6. The molecule has 2 aromatic carbocycles. The maximum absolute atomic E-state index is 12.8. The Bertz CT molecular complexity index is 762. The predicted molar refractivity (Wildman–Crippen MR) is 82.9 cm³/mol. The Kier molecular flexibility index (Phi) is 4.60. The molecule has 0 saturated carbocycles. The second-order valence-electron chi connectivity index (χ2n) is 5.20. The van der Waals surface area contributed by atoms with E-state index in [-0.39, 0.29) is 24.9 Å². The normalized spacial score (nSPS) is 11.9. The summed E-state index contributed by atoms with van der Waals surface area (Å²) in [5.74, 6) is -0.0452. The maximum atomic E-state index is 12.8. The minimum atomic E-state index is -0.455. The summed E-state index contributed by atoms with van der Waals surface area (Å²) in [4.78, 5) is 23.8. The molecule has 0 aliphatic carbocycles. The molecule has 0 bridgehead atoms. The van der Waals surface area contributed by atoms with Gasteiger partial charge in [0.1, 0.15) is 5.82 Å². The van der Waals surface area contributed by atoms with Gasteiger partial charge >= 0.3 is 0 Å². The molecule has 0 spiro atoms. The van der Waals surface area contributed by atoms with Gasteiger partial charge in [0.15, 0.2) is 11.5 Å². The zero-order valence-corrected chi connectivity index (χ0v) is 12.7. The molecule has 3 rings (SSSR count). The van der Waals surface area contributed by atoms with Crippen molar-refractivity contribution in [3.05, 3.63) is 59.4 Å². The predicted octanol–water partition coefficient (Wildman–Crippen LogP) is 1.95. The average molecular weight is 330 g/mol. The molecule has 0 fully saturated rings. The van der Waals surface area contributed by atoms with E-state index in [1.807, 2.05) is 0 Å². The van der Waals surface area contributed by atoms with Gasteiger partial charge in [0, 0.05) is 12.0 Å². The van der Waals surface area contributed by atoms with Crippen LogP contribution in [-0.2, 0) is 11.2 Å². The highest BCUT2D eigenvalue weighted by atomic mass is 19.1. The molecule has 2 amide bonds. The second-order valence-corrected chi connectivity index (χ2v) is 5.20. The Morgan fingerprint density at radius 3 is 2.54 bits per heavy atom. The molecule has 7 heteroatoms. The smallest absolute Gasteiger partial charge is 0.269 e. The molecular weight excluding hydrogens is 315 g/mol. The SMILES string of the molecule is O=C(CCc1ccc(F)cc1)NNC(=O)c1ccc2c(c1)OCO2. The van der Waals surface area contributed by atoms with Gasteiger partial charge in [-0.2, -0.15) is 0 Å². The summed E-state index contributed by atoms with van der Waals surface area (Å²) < 4.78 is 23.2. The number of hydrogen-bond donors (Lipinski definition) is 2. The first kappa shape index (κ1) is 15.8. The van der Waals surface area contributed by atoms with Gasteiger partial charge < -0.3 is 9.47 Å². The first-order valence-electron chi connectivity index (χ1n) is 7.35. The highest BCUT2D eigenvalue weighted by Gasteiger charge is 2.16. The van der Waals surface area contributed by atoms with Crippen LogP contribution in [0.25, 0.3) is 0 Å². The fraction of sp³-hybridized carbons (Fsp3) is 0.176. The summed E-state index contributed by atoms with van der Waals surface area (Å²) >= 11 is 0. The number of hydrogen-bond acceptors (Lipinski definition) is 4. The number of hydrazine groups is 1. The molecule has 0 radical (unpaired) electrons. The van der Waals surface area contributed by atoms with Gasteiger partial charge in [0.2, 0.25) is 12.7 Å². The van der Waals surface area contributed by atoms with Crippen LogP contribution in [0.3, 0.4) is 0 Å². The van der Waals surface area contributed by atoms with Crippen molar-refractivity contribution < 1.29 is 23.5 Å². The van der Waals surface area contributed by atoms with E-state index in [0.29, 0.717) is 23.5 Å². The average Bonchev–Trinajstić information content (AvgIpc) is 3.06. The Labute approximate surface area is 137 Å². The lowest BCUT2D eigenvalue weighted by molar-refractivity contribution is -0.121. The molecule has 2 N–H and O–H groups in total. The van der Waals surface area contributed by atoms with Gasteiger partial charge in [-0.15, -0.1) is 0 Å². The van der Waals surface area contributed by atoms with Crippen molar-refractivity contribution in [3.8, 4) is 11.5 Å². The summed E-state index contributed by atoms with van der Waals surface area (Å²) in [5, 5.41) is 0. The van der Waals surface area contributed by atoms with E-state index in [4.69, 9.17) is 9.47 Å². The van der Waals surface area contributed by atoms with Crippen molar-refractivity contribution in [2.45, 2.75) is 12.8 Å². The van der Waals surface area contributed by atoms with Crippen LogP contribution in [0.1, 0.15) is 22.3 Å². The zero-order valence-electron chi connectivity index (χ0n) is 12.7. The fourth-order valence-electron chi connectivity index (χ4n) is 2.21. The summed E-state index contributed by atoms with van der Waals surface area (Å²) in [6.45, 7) is 0.126. The summed E-state index contributed by atoms with van der Waals surface area (Å²) in [6, 6.07) is 10.7. The summed E-state index contributed by atoms with van der Waals surface area (Å²) in [6.07, 6.45) is 0.624. The van der Waals surface area contributed by atoms with E-state index in [9.17, 15) is 14.0 Å². The number of carbonyl (C=O) groups excluding carboxylic acids is 2. The Hall–Kier alpha value is -3.09. The van der Waals surface area contributed by atoms with Gasteiger partial charge in [-0.05, 0) is 42.3 Å². The lowest BCUT2D eigenvalue weighted by atomic mass is 10.1. The highest BCUT2D eigenvalue weighted by Crippen LogP contribution is 2.32. The van der Waals surface area contributed by atoms with Gasteiger partial charge in [-0.25, -0.2) is 4.39 Å². The lowest BCUT2D eigenvalue weighted by Crippen LogP contribution is -2.41. The monoisotopic (exact) mass is 330 g/mol. The number of halogens is 1. The molecular formula is C17H15FN2O4. The third kappa shape index (κ3) is 3.81. The second kappa shape index (κ2) is 6.99. The number of benzene rings is 2. The Morgan fingerprint density at radius 2 is 1.75 bits per heavy atom. The summed E-state index contributed by atoms with van der Waals surface area (Å²) in [5.41, 5.74) is 5.87. The van der Waals surface area contributed by atoms with E-state index in [2.05, 4.69) is 10.9 Å². The van der Waals surface area contributed by atoms with Crippen molar-refractivity contribution >= 4 is 11.8 Å². The van der Waals surface area contributed by atoms with Crippen LogP contribution in [0.4, 0.5) is 4.39 Å². The van der Waals surface area contributed by atoms with Crippen LogP contribution in [0.15, 0.2) is 42.5 Å². The molecule has 1 aliphatic heterocycles. The van der Waals surface area contributed by atoms with Crippen LogP contribution in [0.2, 0.25) is 0 Å². The van der Waals surface area contributed by atoms with E-state index in [0.717, 1.165) is 5.56 Å². The van der Waals surface area contributed by atoms with Crippen molar-refractivity contribution in [3.63, 3.8) is 0 Å². The molecule has 6 nitrogen and oxygen atoms in total. The van der Waals surface area contributed by atoms with E-state index in [1.165, 1.54) is 12.1 Å². The molecule has 0 atom stereocenters. The highest BCUT2D eigenvalue weighted by molar-refractivity contribution is 5.96. The fourth-order valence-corrected chi connectivity index (χ4v) is 2.21. The number of fused-ring (bicyclic) bond motifs is 1. The van der Waals surface area contributed by atoms with Crippen LogP contribution < -0.4 is 20.3 Å². The lowest BCUT2D eigenvalue weighted by Gasteiger charge is -2.08. The standard InChI is InChI=1S/C17H15FN2O4/c18-13-5-1-11(2-6-13)3-8-16(21)19-20-17(22)12-4-7-14-15(9-12)24-10-23-14/h1-2,4-7,9H,3,8,10H2,(H,19,21)(H,20,22). The topological polar surface area (TPSA) is 76.7 Å². The molecule has 2 aromatic rings. The largest absolute Gasteiger partial charge is 0.454 e.